The lowest BCUT2D eigenvalue weighted by molar-refractivity contribution is 0.104. The first-order valence-corrected chi connectivity index (χ1v) is 9.60. The topological polar surface area (TPSA) is 29.1 Å². The molecule has 0 aliphatic heterocycles. The number of hydrogen-bond acceptors (Lipinski definition) is 3. The highest BCUT2D eigenvalue weighted by Gasteiger charge is 2.07. The van der Waals surface area contributed by atoms with Crippen LogP contribution in [-0.2, 0) is 0 Å². The van der Waals surface area contributed by atoms with Crippen LogP contribution in [0.4, 0.5) is 0 Å². The van der Waals surface area contributed by atoms with Crippen molar-refractivity contribution in [3.63, 3.8) is 0 Å². The van der Waals surface area contributed by atoms with E-state index >= 15 is 0 Å². The summed E-state index contributed by atoms with van der Waals surface area (Å²) in [6.07, 6.45) is 1.69. The second kappa shape index (κ2) is 9.64. The van der Waals surface area contributed by atoms with Crippen molar-refractivity contribution in [1.29, 1.82) is 0 Å². The van der Waals surface area contributed by atoms with E-state index in [2.05, 4.69) is 17.4 Å². The Hall–Kier alpha value is -2.78. The molecule has 26 heavy (non-hydrogen) atoms. The van der Waals surface area contributed by atoms with Crippen LogP contribution in [0, 0.1) is 0 Å². The van der Waals surface area contributed by atoms with Crippen LogP contribution in [0.25, 0.3) is 5.70 Å². The van der Waals surface area contributed by atoms with Crippen molar-refractivity contribution in [3.05, 3.63) is 108 Å². The molecule has 0 aromatic heterocycles. The number of thioether (sulfide) groups is 1. The van der Waals surface area contributed by atoms with Gasteiger partial charge in [0.15, 0.2) is 5.78 Å². The number of carbonyl (C=O) groups is 1. The normalized spacial score (nSPS) is 11.2. The van der Waals surface area contributed by atoms with E-state index in [9.17, 15) is 4.79 Å². The molecule has 0 saturated carbocycles. The molecule has 0 aliphatic carbocycles. The quantitative estimate of drug-likeness (QED) is 0.256. The number of rotatable bonds is 8. The highest BCUT2D eigenvalue weighted by molar-refractivity contribution is 7.99. The first-order chi connectivity index (χ1) is 12.8. The molecule has 0 amide bonds. The van der Waals surface area contributed by atoms with Gasteiger partial charge in [-0.05, 0) is 17.7 Å². The lowest BCUT2D eigenvalue weighted by atomic mass is 10.1. The van der Waals surface area contributed by atoms with Gasteiger partial charge in [0, 0.05) is 34.5 Å². The van der Waals surface area contributed by atoms with Gasteiger partial charge in [-0.2, -0.15) is 0 Å². The highest BCUT2D eigenvalue weighted by Crippen LogP contribution is 2.17. The number of hydrogen-bond donors (Lipinski definition) is 1. The molecule has 3 rings (SSSR count). The molecule has 0 fully saturated rings. The third-order valence-corrected chi connectivity index (χ3v) is 4.86. The Kier molecular flexibility index (Phi) is 6.68. The van der Waals surface area contributed by atoms with E-state index in [1.807, 2.05) is 78.9 Å². The molecule has 1 N–H and O–H groups in total. The highest BCUT2D eigenvalue weighted by atomic mass is 32.2. The predicted octanol–water partition coefficient (Wildman–Crippen LogP) is 5.29. The lowest BCUT2D eigenvalue weighted by Crippen LogP contribution is -2.17. The summed E-state index contributed by atoms with van der Waals surface area (Å²) in [6, 6.07) is 29.7. The molecule has 3 aromatic carbocycles. The third-order valence-electron chi connectivity index (χ3n) is 3.85. The minimum Gasteiger partial charge on any atom is -0.384 e. The molecule has 3 aromatic rings. The molecule has 130 valence electrons. The minimum atomic E-state index is 0.00710. The van der Waals surface area contributed by atoms with Crippen LogP contribution < -0.4 is 5.32 Å². The fourth-order valence-corrected chi connectivity index (χ4v) is 3.33. The Morgan fingerprint density at radius 1 is 0.769 bits per heavy atom. The Morgan fingerprint density at radius 3 is 1.92 bits per heavy atom. The molecule has 0 unspecified atom stereocenters. The molecule has 0 spiro atoms. The lowest BCUT2D eigenvalue weighted by Gasteiger charge is -2.11. The Bertz CT molecular complexity index is 845. The minimum absolute atomic E-state index is 0.00710. The SMILES string of the molecule is O=C(/C=C(\NCCSc1ccccc1)c1ccccc1)c1ccccc1. The number of allylic oxidation sites excluding steroid dienone is 1. The Labute approximate surface area is 159 Å². The zero-order valence-electron chi connectivity index (χ0n) is 14.5. The van der Waals surface area contributed by atoms with Gasteiger partial charge in [-0.3, -0.25) is 4.79 Å². The van der Waals surface area contributed by atoms with E-state index in [0.717, 1.165) is 23.6 Å². The van der Waals surface area contributed by atoms with E-state index in [1.165, 1.54) is 4.90 Å². The number of nitrogens with one attached hydrogen (secondary N) is 1. The maximum atomic E-state index is 12.6. The Morgan fingerprint density at radius 2 is 1.31 bits per heavy atom. The summed E-state index contributed by atoms with van der Waals surface area (Å²) in [5.74, 6) is 0.931. The van der Waals surface area contributed by atoms with Gasteiger partial charge >= 0.3 is 0 Å². The molecule has 3 heteroatoms. The Balaban J connectivity index is 1.68. The molecule has 0 aliphatic rings. The van der Waals surface area contributed by atoms with Crippen molar-refractivity contribution in [2.24, 2.45) is 0 Å². The van der Waals surface area contributed by atoms with Crippen LogP contribution in [0.5, 0.6) is 0 Å². The molecule has 0 heterocycles. The van der Waals surface area contributed by atoms with Gasteiger partial charge in [0.2, 0.25) is 0 Å². The van der Waals surface area contributed by atoms with E-state index in [0.29, 0.717) is 5.56 Å². The van der Waals surface area contributed by atoms with E-state index in [1.54, 1.807) is 17.8 Å². The van der Waals surface area contributed by atoms with Gasteiger partial charge in [-0.1, -0.05) is 78.9 Å². The van der Waals surface area contributed by atoms with Gasteiger partial charge in [0.1, 0.15) is 0 Å². The second-order valence-electron chi connectivity index (χ2n) is 5.74. The van der Waals surface area contributed by atoms with Crippen molar-refractivity contribution in [2.75, 3.05) is 12.3 Å². The summed E-state index contributed by atoms with van der Waals surface area (Å²) in [5, 5.41) is 3.43. The summed E-state index contributed by atoms with van der Waals surface area (Å²) in [4.78, 5) is 13.8. The monoisotopic (exact) mass is 359 g/mol. The van der Waals surface area contributed by atoms with Crippen LogP contribution in [0.3, 0.4) is 0 Å². The fraction of sp³-hybridized carbons (Fsp3) is 0.0870. The van der Waals surface area contributed by atoms with Crippen molar-refractivity contribution in [3.8, 4) is 0 Å². The summed E-state index contributed by atoms with van der Waals surface area (Å²) in [5.41, 5.74) is 2.57. The van der Waals surface area contributed by atoms with E-state index in [-0.39, 0.29) is 5.78 Å². The predicted molar refractivity (Wildman–Crippen MR) is 110 cm³/mol. The zero-order valence-corrected chi connectivity index (χ0v) is 15.3. The van der Waals surface area contributed by atoms with Crippen LogP contribution >= 0.6 is 11.8 Å². The van der Waals surface area contributed by atoms with Crippen molar-refractivity contribution in [2.45, 2.75) is 4.90 Å². The van der Waals surface area contributed by atoms with Crippen LogP contribution in [0.15, 0.2) is 102 Å². The average molecular weight is 359 g/mol. The average Bonchev–Trinajstić information content (AvgIpc) is 2.72. The van der Waals surface area contributed by atoms with Gasteiger partial charge in [-0.25, -0.2) is 0 Å². The first-order valence-electron chi connectivity index (χ1n) is 8.61. The van der Waals surface area contributed by atoms with Crippen LogP contribution in [-0.4, -0.2) is 18.1 Å². The van der Waals surface area contributed by atoms with Gasteiger partial charge in [-0.15, -0.1) is 11.8 Å². The maximum Gasteiger partial charge on any atom is 0.187 e. The number of ketones is 1. The molecular formula is C23H21NOS. The number of carbonyl (C=O) groups excluding carboxylic acids is 1. The molecule has 2 nitrogen and oxygen atoms in total. The second-order valence-corrected chi connectivity index (χ2v) is 6.91. The fourth-order valence-electron chi connectivity index (χ4n) is 2.54. The summed E-state index contributed by atoms with van der Waals surface area (Å²) in [6.45, 7) is 0.780. The van der Waals surface area contributed by atoms with Gasteiger partial charge in [0.25, 0.3) is 0 Å². The van der Waals surface area contributed by atoms with Crippen LogP contribution in [0.2, 0.25) is 0 Å². The standard InChI is InChI=1S/C23H21NOS/c25-23(20-12-6-2-7-13-20)18-22(19-10-4-1-5-11-19)24-16-17-26-21-14-8-3-9-15-21/h1-15,18,24H,16-17H2/b22-18-. The van der Waals surface area contributed by atoms with Gasteiger partial charge < -0.3 is 5.32 Å². The summed E-state index contributed by atoms with van der Waals surface area (Å²) < 4.78 is 0. The molecule has 0 radical (unpaired) electrons. The maximum absolute atomic E-state index is 12.6. The third kappa shape index (κ3) is 5.36. The van der Waals surface area contributed by atoms with Crippen molar-refractivity contribution in [1.82, 2.24) is 5.32 Å². The van der Waals surface area contributed by atoms with E-state index < -0.39 is 0 Å². The summed E-state index contributed by atoms with van der Waals surface area (Å²) in [7, 11) is 0. The van der Waals surface area contributed by atoms with Crippen molar-refractivity contribution < 1.29 is 4.79 Å². The van der Waals surface area contributed by atoms with Crippen LogP contribution in [0.1, 0.15) is 15.9 Å². The molecular weight excluding hydrogens is 338 g/mol. The smallest absolute Gasteiger partial charge is 0.187 e. The molecule has 0 saturated heterocycles. The largest absolute Gasteiger partial charge is 0.384 e. The van der Waals surface area contributed by atoms with Gasteiger partial charge in [0.05, 0.1) is 0 Å². The van der Waals surface area contributed by atoms with E-state index in [4.69, 9.17) is 0 Å². The molecule has 0 atom stereocenters. The van der Waals surface area contributed by atoms with Crippen molar-refractivity contribution >= 4 is 23.2 Å². The summed E-state index contributed by atoms with van der Waals surface area (Å²) >= 11 is 1.80. The zero-order chi connectivity index (χ0) is 18.0. The first kappa shape index (κ1) is 18.0. The number of benzene rings is 3. The molecule has 0 bridgehead atoms.